The van der Waals surface area contributed by atoms with E-state index in [-0.39, 0.29) is 30.4 Å². The van der Waals surface area contributed by atoms with Crippen molar-refractivity contribution in [3.05, 3.63) is 58.7 Å². The molecule has 3 rings (SSSR count). The van der Waals surface area contributed by atoms with Crippen molar-refractivity contribution >= 4 is 17.8 Å². The molecule has 1 unspecified atom stereocenters. The van der Waals surface area contributed by atoms with Crippen molar-refractivity contribution in [3.8, 4) is 11.5 Å². The van der Waals surface area contributed by atoms with Crippen LogP contribution in [0, 0.1) is 5.41 Å². The highest BCUT2D eigenvalue weighted by molar-refractivity contribution is 5.95. The fraction of sp³-hybridized carbons (Fsp3) is 0.483. The highest BCUT2D eigenvalue weighted by atomic mass is 16.5. The van der Waals surface area contributed by atoms with Crippen LogP contribution in [0.1, 0.15) is 93.4 Å². The average molecular weight is 509 g/mol. The highest BCUT2D eigenvalue weighted by Crippen LogP contribution is 2.40. The van der Waals surface area contributed by atoms with Crippen LogP contribution >= 0.6 is 0 Å². The molecule has 2 aromatic rings. The first-order chi connectivity index (χ1) is 17.5. The molecule has 8 heteroatoms. The molecular weight excluding hydrogens is 468 g/mol. The SMILES string of the molecule is CCCCCc1ccc2c(c1)C(NC(=O)c1ccc(OCC)c(CN(C(=N)N)C(C)=O)c1)CC(C)(C)O2. The van der Waals surface area contributed by atoms with E-state index in [1.54, 1.807) is 18.2 Å². The summed E-state index contributed by atoms with van der Waals surface area (Å²) in [5, 5.41) is 11.0. The number of carbonyl (C=O) groups is 2. The van der Waals surface area contributed by atoms with Crippen LogP contribution in [0.2, 0.25) is 0 Å². The van der Waals surface area contributed by atoms with Gasteiger partial charge in [0.25, 0.3) is 5.91 Å². The predicted molar refractivity (Wildman–Crippen MR) is 145 cm³/mol. The molecule has 0 spiro atoms. The van der Waals surface area contributed by atoms with Crippen LogP contribution in [0.5, 0.6) is 11.5 Å². The summed E-state index contributed by atoms with van der Waals surface area (Å²) >= 11 is 0. The molecule has 37 heavy (non-hydrogen) atoms. The molecule has 0 radical (unpaired) electrons. The molecule has 0 fully saturated rings. The van der Waals surface area contributed by atoms with E-state index in [9.17, 15) is 9.59 Å². The third-order valence-corrected chi connectivity index (χ3v) is 6.53. The van der Waals surface area contributed by atoms with E-state index < -0.39 is 5.60 Å². The second kappa shape index (κ2) is 12.1. The topological polar surface area (TPSA) is 118 Å². The molecule has 0 aromatic heterocycles. The number of nitrogens with two attached hydrogens (primary N) is 1. The van der Waals surface area contributed by atoms with Crippen LogP contribution in [0.3, 0.4) is 0 Å². The zero-order valence-electron chi connectivity index (χ0n) is 22.6. The molecule has 1 atom stereocenters. The standard InChI is InChI=1S/C29H40N4O4/c1-6-8-9-10-20-11-13-26-23(15-20)24(17-29(4,5)37-26)32-27(35)21-12-14-25(36-7-2)22(16-21)18-33(19(3)34)28(30)31/h11-16,24H,6-10,17-18H2,1-5H3,(H3,30,31)(H,32,35). The van der Waals surface area contributed by atoms with Gasteiger partial charge in [0.1, 0.15) is 17.1 Å². The van der Waals surface area contributed by atoms with Crippen LogP contribution in [0.4, 0.5) is 0 Å². The number of guanidine groups is 1. The van der Waals surface area contributed by atoms with Gasteiger partial charge in [-0.1, -0.05) is 31.9 Å². The third kappa shape index (κ3) is 7.24. The van der Waals surface area contributed by atoms with Gasteiger partial charge in [-0.3, -0.25) is 19.9 Å². The van der Waals surface area contributed by atoms with Crippen molar-refractivity contribution in [1.29, 1.82) is 5.41 Å². The number of fused-ring (bicyclic) bond motifs is 1. The van der Waals surface area contributed by atoms with Crippen LogP contribution < -0.4 is 20.5 Å². The molecule has 2 amide bonds. The van der Waals surface area contributed by atoms with Gasteiger partial charge in [-0.25, -0.2) is 0 Å². The first kappa shape index (κ1) is 28.0. The average Bonchev–Trinajstić information content (AvgIpc) is 2.82. The minimum atomic E-state index is -0.428. The number of ether oxygens (including phenoxy) is 2. The lowest BCUT2D eigenvalue weighted by molar-refractivity contribution is -0.125. The Labute approximate surface area is 220 Å². The minimum Gasteiger partial charge on any atom is -0.494 e. The van der Waals surface area contributed by atoms with E-state index in [1.807, 2.05) is 26.8 Å². The highest BCUT2D eigenvalue weighted by Gasteiger charge is 2.35. The summed E-state index contributed by atoms with van der Waals surface area (Å²) in [6, 6.07) is 11.2. The summed E-state index contributed by atoms with van der Waals surface area (Å²) in [5.41, 5.74) is 8.46. The number of amides is 2. The van der Waals surface area contributed by atoms with Crippen molar-refractivity contribution < 1.29 is 19.1 Å². The summed E-state index contributed by atoms with van der Waals surface area (Å²) in [5.74, 6) is 0.389. The van der Waals surface area contributed by atoms with Gasteiger partial charge in [0.2, 0.25) is 5.91 Å². The molecule has 0 saturated heterocycles. The second-order valence-corrected chi connectivity index (χ2v) is 10.2. The third-order valence-electron chi connectivity index (χ3n) is 6.53. The van der Waals surface area contributed by atoms with E-state index in [2.05, 4.69) is 24.4 Å². The van der Waals surface area contributed by atoms with Gasteiger partial charge >= 0.3 is 0 Å². The fourth-order valence-electron chi connectivity index (χ4n) is 4.69. The molecule has 2 aromatic carbocycles. The molecular formula is C29H40N4O4. The zero-order chi connectivity index (χ0) is 27.2. The summed E-state index contributed by atoms with van der Waals surface area (Å²) in [6.45, 7) is 9.91. The van der Waals surface area contributed by atoms with Gasteiger partial charge in [-0.15, -0.1) is 0 Å². The summed E-state index contributed by atoms with van der Waals surface area (Å²) in [4.78, 5) is 26.6. The molecule has 4 N–H and O–H groups in total. The Morgan fingerprint density at radius 1 is 1.19 bits per heavy atom. The van der Waals surface area contributed by atoms with Crippen molar-refractivity contribution in [2.45, 2.75) is 84.9 Å². The Balaban J connectivity index is 1.88. The van der Waals surface area contributed by atoms with Gasteiger partial charge in [0.05, 0.1) is 19.2 Å². The Hall–Kier alpha value is -3.55. The van der Waals surface area contributed by atoms with Crippen molar-refractivity contribution in [1.82, 2.24) is 10.2 Å². The van der Waals surface area contributed by atoms with E-state index >= 15 is 0 Å². The van der Waals surface area contributed by atoms with Crippen LogP contribution in [-0.4, -0.2) is 34.9 Å². The number of benzene rings is 2. The molecule has 200 valence electrons. The molecule has 0 saturated carbocycles. The fourth-order valence-corrected chi connectivity index (χ4v) is 4.69. The number of hydrogen-bond acceptors (Lipinski definition) is 5. The first-order valence-electron chi connectivity index (χ1n) is 13.0. The molecule has 0 aliphatic carbocycles. The minimum absolute atomic E-state index is 0.0371. The van der Waals surface area contributed by atoms with Crippen molar-refractivity contribution in [2.75, 3.05) is 6.61 Å². The first-order valence-corrected chi connectivity index (χ1v) is 13.0. The smallest absolute Gasteiger partial charge is 0.251 e. The number of aryl methyl sites for hydroxylation is 1. The second-order valence-electron chi connectivity index (χ2n) is 10.2. The molecule has 1 aliphatic heterocycles. The van der Waals surface area contributed by atoms with Gasteiger partial charge in [0.15, 0.2) is 5.96 Å². The lowest BCUT2D eigenvalue weighted by Crippen LogP contribution is -2.41. The van der Waals surface area contributed by atoms with E-state index in [4.69, 9.17) is 20.6 Å². The molecule has 1 heterocycles. The quantitative estimate of drug-likeness (QED) is 0.235. The van der Waals surface area contributed by atoms with Crippen molar-refractivity contribution in [2.24, 2.45) is 5.73 Å². The maximum Gasteiger partial charge on any atom is 0.251 e. The van der Waals surface area contributed by atoms with Gasteiger partial charge in [-0.05, 0) is 63.4 Å². The number of nitrogens with one attached hydrogen (secondary N) is 2. The number of hydrogen-bond donors (Lipinski definition) is 3. The Morgan fingerprint density at radius 3 is 2.59 bits per heavy atom. The number of rotatable bonds is 10. The monoisotopic (exact) mass is 508 g/mol. The van der Waals surface area contributed by atoms with E-state index in [1.165, 1.54) is 25.3 Å². The summed E-state index contributed by atoms with van der Waals surface area (Å²) in [6.07, 6.45) is 5.12. The maximum atomic E-state index is 13.5. The lowest BCUT2D eigenvalue weighted by atomic mass is 9.88. The molecule has 0 bridgehead atoms. The molecule has 1 aliphatic rings. The number of nitrogens with zero attached hydrogens (tertiary/aromatic N) is 1. The zero-order valence-corrected chi connectivity index (χ0v) is 22.6. The van der Waals surface area contributed by atoms with E-state index in [0.717, 1.165) is 29.1 Å². The van der Waals surface area contributed by atoms with Gasteiger partial charge < -0.3 is 20.5 Å². The summed E-state index contributed by atoms with van der Waals surface area (Å²) in [7, 11) is 0. The maximum absolute atomic E-state index is 13.5. The largest absolute Gasteiger partial charge is 0.494 e. The Morgan fingerprint density at radius 2 is 1.95 bits per heavy atom. The van der Waals surface area contributed by atoms with Crippen LogP contribution in [0.15, 0.2) is 36.4 Å². The Kier molecular flexibility index (Phi) is 9.18. The summed E-state index contributed by atoms with van der Waals surface area (Å²) < 4.78 is 11.9. The number of carbonyl (C=O) groups excluding carboxylic acids is 2. The van der Waals surface area contributed by atoms with Crippen molar-refractivity contribution in [3.63, 3.8) is 0 Å². The Bertz CT molecular complexity index is 1130. The predicted octanol–water partition coefficient (Wildman–Crippen LogP) is 5.09. The van der Waals surface area contributed by atoms with Crippen LogP contribution in [-0.2, 0) is 17.8 Å². The van der Waals surface area contributed by atoms with Gasteiger partial charge in [-0.2, -0.15) is 0 Å². The van der Waals surface area contributed by atoms with Crippen LogP contribution in [0.25, 0.3) is 0 Å². The van der Waals surface area contributed by atoms with Gasteiger partial charge in [0, 0.05) is 30.0 Å². The lowest BCUT2D eigenvalue weighted by Gasteiger charge is -2.38. The van der Waals surface area contributed by atoms with E-state index in [0.29, 0.717) is 29.9 Å². The number of unbranched alkanes of at least 4 members (excludes halogenated alkanes) is 2. The molecule has 8 nitrogen and oxygen atoms in total. The normalized spacial score (nSPS) is 15.8.